The Bertz CT molecular complexity index is 662. The molecule has 0 aliphatic heterocycles. The third-order valence-electron chi connectivity index (χ3n) is 2.08. The third kappa shape index (κ3) is 1.93. The number of nitrogens with zero attached hydrogens (tertiary/aromatic N) is 3. The van der Waals surface area contributed by atoms with Gasteiger partial charge in [-0.25, -0.2) is 4.79 Å². The van der Waals surface area contributed by atoms with Gasteiger partial charge in [-0.15, -0.1) is 0 Å². The van der Waals surface area contributed by atoms with Crippen LogP contribution in [0.5, 0.6) is 6.08 Å². The average Bonchev–Trinajstić information content (AvgIpc) is 2.70. The van der Waals surface area contributed by atoms with Gasteiger partial charge in [-0.2, -0.15) is 9.07 Å². The minimum Gasteiger partial charge on any atom is -0.452 e. The van der Waals surface area contributed by atoms with E-state index in [9.17, 15) is 19.3 Å². The lowest BCUT2D eigenvalue weighted by Gasteiger charge is -1.98. The average molecular weight is 255 g/mol. The second-order valence-corrected chi connectivity index (χ2v) is 3.14. The molecule has 18 heavy (non-hydrogen) atoms. The van der Waals surface area contributed by atoms with Crippen LogP contribution in [0.15, 0.2) is 27.4 Å². The van der Waals surface area contributed by atoms with Crippen LogP contribution in [0.3, 0.4) is 0 Å². The monoisotopic (exact) mass is 255 g/mol. The molecule has 0 aliphatic rings. The lowest BCUT2D eigenvalue weighted by Crippen LogP contribution is -2.13. The molecule has 0 fully saturated rings. The van der Waals surface area contributed by atoms with Crippen molar-refractivity contribution in [3.8, 4) is 11.8 Å². The van der Waals surface area contributed by atoms with Crippen LogP contribution >= 0.6 is 0 Å². The first-order valence-corrected chi connectivity index (χ1v) is 4.61. The predicted molar refractivity (Wildman–Crippen MR) is 55.3 cm³/mol. The third-order valence-corrected chi connectivity index (χ3v) is 2.08. The van der Waals surface area contributed by atoms with E-state index in [0.717, 1.165) is 16.8 Å². The summed E-state index contributed by atoms with van der Waals surface area (Å²) in [5.41, 5.74) is -0.697. The molecule has 1 aromatic heterocycles. The smallest absolute Gasteiger partial charge is 0.444 e. The molecule has 0 spiro atoms. The first-order valence-electron chi connectivity index (χ1n) is 4.61. The molecule has 0 aliphatic carbocycles. The van der Waals surface area contributed by atoms with E-state index in [0.29, 0.717) is 0 Å². The van der Waals surface area contributed by atoms with E-state index in [-0.39, 0.29) is 11.8 Å². The minimum atomic E-state index is -1.08. The number of benzene rings is 1. The van der Waals surface area contributed by atoms with E-state index < -0.39 is 22.2 Å². The van der Waals surface area contributed by atoms with Crippen molar-refractivity contribution in [2.45, 2.75) is 0 Å². The molecular weight excluding hydrogens is 249 g/mol. The number of nitro benzene ring substituents is 1. The van der Waals surface area contributed by atoms with Crippen molar-refractivity contribution < 1.29 is 18.5 Å². The molecule has 2 rings (SSSR count). The fourth-order valence-corrected chi connectivity index (χ4v) is 1.28. The van der Waals surface area contributed by atoms with Crippen molar-refractivity contribution in [2.24, 2.45) is 0 Å². The molecule has 9 heteroatoms. The molecular formula is C9H6FN3O5. The van der Waals surface area contributed by atoms with Gasteiger partial charge >= 0.3 is 17.5 Å². The van der Waals surface area contributed by atoms with Crippen LogP contribution in [-0.2, 0) is 0 Å². The van der Waals surface area contributed by atoms with E-state index in [1.165, 1.54) is 13.2 Å². The highest BCUT2D eigenvalue weighted by Gasteiger charge is 2.17. The quantitative estimate of drug-likeness (QED) is 0.596. The molecule has 0 saturated heterocycles. The minimum absolute atomic E-state index is 0.00449. The summed E-state index contributed by atoms with van der Waals surface area (Å²) in [6.07, 6.45) is -0.293. The van der Waals surface area contributed by atoms with Crippen molar-refractivity contribution in [1.29, 1.82) is 0 Å². The molecule has 0 atom stereocenters. The molecule has 1 heterocycles. The summed E-state index contributed by atoms with van der Waals surface area (Å²) in [4.78, 5) is 20.9. The van der Waals surface area contributed by atoms with Gasteiger partial charge in [0.25, 0.3) is 0 Å². The van der Waals surface area contributed by atoms with Crippen molar-refractivity contribution in [3.05, 3.63) is 44.7 Å². The number of nitro groups is 1. The Kier molecular flexibility index (Phi) is 2.80. The van der Waals surface area contributed by atoms with Crippen LogP contribution in [0.1, 0.15) is 0 Å². The van der Waals surface area contributed by atoms with Crippen molar-refractivity contribution in [2.75, 3.05) is 7.11 Å². The van der Waals surface area contributed by atoms with Crippen molar-refractivity contribution in [3.63, 3.8) is 0 Å². The number of halogens is 1. The van der Waals surface area contributed by atoms with Gasteiger partial charge in [-0.1, -0.05) is 5.10 Å². The fourth-order valence-electron chi connectivity index (χ4n) is 1.28. The van der Waals surface area contributed by atoms with Gasteiger partial charge in [0.15, 0.2) is 0 Å². The number of aromatic nitrogens is 2. The summed E-state index contributed by atoms with van der Waals surface area (Å²) >= 11 is 0. The number of methoxy groups -OCH3 is 1. The SMILES string of the molecule is COc1nn(-c2ccc([N+](=O)[O-])c(F)c2)c(=O)o1. The molecule has 0 N–H and O–H groups in total. The van der Waals surface area contributed by atoms with E-state index in [1.807, 2.05) is 0 Å². The second kappa shape index (κ2) is 4.28. The largest absolute Gasteiger partial charge is 0.452 e. The van der Waals surface area contributed by atoms with E-state index in [2.05, 4.69) is 14.3 Å². The molecule has 0 amide bonds. The lowest BCUT2D eigenvalue weighted by atomic mass is 10.3. The van der Waals surface area contributed by atoms with Crippen LogP contribution in [0.4, 0.5) is 10.1 Å². The number of hydrogen-bond acceptors (Lipinski definition) is 6. The molecule has 8 nitrogen and oxygen atoms in total. The van der Waals surface area contributed by atoms with Gasteiger partial charge in [0, 0.05) is 12.1 Å². The summed E-state index contributed by atoms with van der Waals surface area (Å²) in [5, 5.41) is 14.0. The molecule has 1 aromatic carbocycles. The summed E-state index contributed by atoms with van der Waals surface area (Å²) in [6.45, 7) is 0. The van der Waals surface area contributed by atoms with Gasteiger partial charge in [-0.3, -0.25) is 10.1 Å². The van der Waals surface area contributed by atoms with Gasteiger partial charge in [0.1, 0.15) is 0 Å². The topological polar surface area (TPSA) is 100 Å². The summed E-state index contributed by atoms with van der Waals surface area (Å²) in [5.74, 6) is -1.97. The van der Waals surface area contributed by atoms with Crippen LogP contribution in [-0.4, -0.2) is 21.8 Å². The maximum Gasteiger partial charge on any atom is 0.444 e. The van der Waals surface area contributed by atoms with E-state index in [4.69, 9.17) is 0 Å². The van der Waals surface area contributed by atoms with Crippen molar-refractivity contribution in [1.82, 2.24) is 9.78 Å². The van der Waals surface area contributed by atoms with Crippen LogP contribution in [0, 0.1) is 15.9 Å². The predicted octanol–water partition coefficient (Wildman–Crippen LogP) is 0.881. The summed E-state index contributed by atoms with van der Waals surface area (Å²) in [7, 11) is 1.24. The first kappa shape index (κ1) is 11.8. The standard InChI is InChI=1S/C9H6FN3O5/c1-17-8-11-12(9(14)18-8)5-2-3-7(13(15)16)6(10)4-5/h2-4H,1H3. The molecule has 0 radical (unpaired) electrons. The summed E-state index contributed by atoms with van der Waals surface area (Å²) in [6, 6.07) is 2.91. The first-order chi connectivity index (χ1) is 8.52. The van der Waals surface area contributed by atoms with E-state index in [1.54, 1.807) is 0 Å². The second-order valence-electron chi connectivity index (χ2n) is 3.14. The normalized spacial score (nSPS) is 10.3. The van der Waals surface area contributed by atoms with Crippen molar-refractivity contribution >= 4 is 5.69 Å². The Morgan fingerprint density at radius 2 is 2.28 bits per heavy atom. The zero-order valence-corrected chi connectivity index (χ0v) is 8.99. The molecule has 0 unspecified atom stereocenters. The van der Waals surface area contributed by atoms with Crippen LogP contribution in [0.2, 0.25) is 0 Å². The Hall–Kier alpha value is -2.71. The van der Waals surface area contributed by atoms with E-state index >= 15 is 0 Å². The van der Waals surface area contributed by atoms with Gasteiger partial charge < -0.3 is 9.15 Å². The molecule has 2 aromatic rings. The Morgan fingerprint density at radius 1 is 1.56 bits per heavy atom. The highest BCUT2D eigenvalue weighted by Crippen LogP contribution is 2.19. The molecule has 94 valence electrons. The number of rotatable bonds is 3. The lowest BCUT2D eigenvalue weighted by molar-refractivity contribution is -0.387. The molecule has 0 bridgehead atoms. The van der Waals surface area contributed by atoms with Gasteiger partial charge in [-0.05, 0) is 6.07 Å². The van der Waals surface area contributed by atoms with Gasteiger partial charge in [0.2, 0.25) is 5.82 Å². The Morgan fingerprint density at radius 3 is 2.78 bits per heavy atom. The number of hydrogen-bond donors (Lipinski definition) is 0. The highest BCUT2D eigenvalue weighted by atomic mass is 19.1. The number of ether oxygens (including phenoxy) is 1. The summed E-state index contributed by atoms with van der Waals surface area (Å²) < 4.78 is 23.2. The molecule has 0 saturated carbocycles. The Labute approximate surface area is 98.4 Å². The maximum absolute atomic E-state index is 13.4. The maximum atomic E-state index is 13.4. The zero-order chi connectivity index (χ0) is 13.3. The highest BCUT2D eigenvalue weighted by molar-refractivity contribution is 5.41. The van der Waals surface area contributed by atoms with Gasteiger partial charge in [0.05, 0.1) is 17.7 Å². The van der Waals surface area contributed by atoms with Crippen LogP contribution in [0.25, 0.3) is 5.69 Å². The van der Waals surface area contributed by atoms with Crippen LogP contribution < -0.4 is 10.5 Å². The fraction of sp³-hybridized carbons (Fsp3) is 0.111. The zero-order valence-electron chi connectivity index (χ0n) is 8.99. The Balaban J connectivity index is 2.52.